The zero-order valence-corrected chi connectivity index (χ0v) is 13.6. The number of benzene rings is 1. The van der Waals surface area contributed by atoms with Crippen molar-refractivity contribution in [1.82, 2.24) is 25.1 Å². The Morgan fingerprint density at radius 1 is 1.35 bits per heavy atom. The monoisotopic (exact) mass is 329 g/mol. The summed E-state index contributed by atoms with van der Waals surface area (Å²) in [4.78, 5) is 21.0. The number of halogens is 1. The van der Waals surface area contributed by atoms with Crippen molar-refractivity contribution in [3.05, 3.63) is 53.2 Å². The van der Waals surface area contributed by atoms with Crippen molar-refractivity contribution in [3.8, 4) is 0 Å². The lowest BCUT2D eigenvalue weighted by atomic mass is 10.2. The second-order valence-electron chi connectivity index (χ2n) is 5.14. The van der Waals surface area contributed by atoms with Crippen LogP contribution < -0.4 is 5.32 Å². The molecule has 0 spiro atoms. The van der Waals surface area contributed by atoms with E-state index >= 15 is 0 Å². The summed E-state index contributed by atoms with van der Waals surface area (Å²) < 4.78 is 1.75. The van der Waals surface area contributed by atoms with E-state index in [-0.39, 0.29) is 11.9 Å². The molecule has 0 saturated carbocycles. The zero-order valence-electron chi connectivity index (χ0n) is 12.8. The Balaban J connectivity index is 1.84. The number of nitrogens with one attached hydrogen (secondary N) is 1. The fraction of sp³-hybridized carbons (Fsp3) is 0.250. The van der Waals surface area contributed by atoms with Gasteiger partial charge in [-0.1, -0.05) is 29.8 Å². The number of aromatic nitrogens is 4. The summed E-state index contributed by atoms with van der Waals surface area (Å²) in [5.74, 6) is 0.435. The van der Waals surface area contributed by atoms with Crippen molar-refractivity contribution < 1.29 is 4.79 Å². The smallest absolute Gasteiger partial charge is 0.270 e. The predicted octanol–water partition coefficient (Wildman–Crippen LogP) is 2.99. The minimum atomic E-state index is -0.273. The molecular formula is C16H16ClN5O. The number of aryl methyl sites for hydroxylation is 1. The van der Waals surface area contributed by atoms with E-state index in [1.807, 2.05) is 32.0 Å². The van der Waals surface area contributed by atoms with Gasteiger partial charge in [-0.05, 0) is 26.0 Å². The number of rotatable bonds is 4. The van der Waals surface area contributed by atoms with Crippen LogP contribution in [0.4, 0.5) is 0 Å². The van der Waals surface area contributed by atoms with Crippen molar-refractivity contribution in [2.24, 2.45) is 0 Å². The molecular weight excluding hydrogens is 314 g/mol. The van der Waals surface area contributed by atoms with E-state index in [9.17, 15) is 4.79 Å². The second-order valence-corrected chi connectivity index (χ2v) is 5.54. The summed E-state index contributed by atoms with van der Waals surface area (Å²) in [6.07, 6.45) is 1.48. The zero-order chi connectivity index (χ0) is 16.4. The van der Waals surface area contributed by atoms with Crippen LogP contribution in [0.1, 0.15) is 36.2 Å². The van der Waals surface area contributed by atoms with Crippen LogP contribution >= 0.6 is 11.6 Å². The van der Waals surface area contributed by atoms with Crippen molar-refractivity contribution >= 4 is 28.4 Å². The minimum Gasteiger partial charge on any atom is -0.341 e. The van der Waals surface area contributed by atoms with Crippen molar-refractivity contribution in [1.29, 1.82) is 0 Å². The van der Waals surface area contributed by atoms with Gasteiger partial charge in [0.2, 0.25) is 0 Å². The van der Waals surface area contributed by atoms with Crippen molar-refractivity contribution in [3.63, 3.8) is 0 Å². The van der Waals surface area contributed by atoms with Crippen LogP contribution in [-0.2, 0) is 6.54 Å². The molecule has 2 heterocycles. The summed E-state index contributed by atoms with van der Waals surface area (Å²) in [6.45, 7) is 4.53. The van der Waals surface area contributed by atoms with Crippen LogP contribution in [0, 0.1) is 0 Å². The van der Waals surface area contributed by atoms with E-state index in [0.29, 0.717) is 28.6 Å². The third-order valence-electron chi connectivity index (χ3n) is 3.58. The maximum atomic E-state index is 12.4. The van der Waals surface area contributed by atoms with Gasteiger partial charge in [-0.25, -0.2) is 14.6 Å². The molecule has 0 unspecified atom stereocenters. The highest BCUT2D eigenvalue weighted by Crippen LogP contribution is 2.21. The van der Waals surface area contributed by atoms with Gasteiger partial charge < -0.3 is 5.32 Å². The highest BCUT2D eigenvalue weighted by atomic mass is 35.5. The van der Waals surface area contributed by atoms with E-state index in [1.54, 1.807) is 16.8 Å². The van der Waals surface area contributed by atoms with Crippen molar-refractivity contribution in [2.75, 3.05) is 0 Å². The van der Waals surface area contributed by atoms with Gasteiger partial charge in [0, 0.05) is 11.9 Å². The molecule has 0 saturated heterocycles. The quantitative estimate of drug-likeness (QED) is 0.798. The lowest BCUT2D eigenvalue weighted by molar-refractivity contribution is 0.0933. The van der Waals surface area contributed by atoms with Crippen LogP contribution in [0.25, 0.3) is 10.9 Å². The Morgan fingerprint density at radius 2 is 2.17 bits per heavy atom. The fourth-order valence-electron chi connectivity index (χ4n) is 2.42. The number of pyridine rings is 1. The van der Waals surface area contributed by atoms with Gasteiger partial charge in [0.1, 0.15) is 17.8 Å². The van der Waals surface area contributed by atoms with Crippen LogP contribution in [0.15, 0.2) is 36.7 Å². The van der Waals surface area contributed by atoms with Crippen LogP contribution in [0.3, 0.4) is 0 Å². The number of carbonyl (C=O) groups is 1. The molecule has 0 aliphatic heterocycles. The molecule has 1 atom stereocenters. The first-order valence-electron chi connectivity index (χ1n) is 7.34. The first-order chi connectivity index (χ1) is 11.1. The van der Waals surface area contributed by atoms with Crippen molar-refractivity contribution in [2.45, 2.75) is 26.4 Å². The standard InChI is InChI=1S/C16H16ClN5O/c1-3-22-15(18-9-19-22)10(2)20-16(23)13-8-7-11-5-4-6-12(17)14(11)21-13/h4-10H,3H2,1-2H3,(H,20,23)/t10-/m0/s1. The molecule has 23 heavy (non-hydrogen) atoms. The Morgan fingerprint density at radius 3 is 2.96 bits per heavy atom. The summed E-state index contributed by atoms with van der Waals surface area (Å²) in [6, 6.07) is 8.76. The number of fused-ring (bicyclic) bond motifs is 1. The number of hydrogen-bond donors (Lipinski definition) is 1. The molecule has 1 aromatic carbocycles. The Bertz CT molecular complexity index is 861. The second kappa shape index (κ2) is 6.34. The van der Waals surface area contributed by atoms with Gasteiger partial charge in [0.15, 0.2) is 0 Å². The maximum Gasteiger partial charge on any atom is 0.270 e. The third-order valence-corrected chi connectivity index (χ3v) is 3.89. The first kappa shape index (κ1) is 15.4. The molecule has 6 nitrogen and oxygen atoms in total. The molecule has 2 aromatic heterocycles. The minimum absolute atomic E-state index is 0.270. The Hall–Kier alpha value is -2.47. The van der Waals surface area contributed by atoms with E-state index < -0.39 is 0 Å². The van der Waals surface area contributed by atoms with Gasteiger partial charge in [-0.15, -0.1) is 0 Å². The number of hydrogen-bond acceptors (Lipinski definition) is 4. The molecule has 3 rings (SSSR count). The van der Waals surface area contributed by atoms with Gasteiger partial charge >= 0.3 is 0 Å². The topological polar surface area (TPSA) is 72.7 Å². The molecule has 118 valence electrons. The summed E-state index contributed by atoms with van der Waals surface area (Å²) in [5.41, 5.74) is 0.936. The average Bonchev–Trinajstić information content (AvgIpc) is 3.03. The van der Waals surface area contributed by atoms with Crippen LogP contribution in [-0.4, -0.2) is 25.7 Å². The third kappa shape index (κ3) is 3.03. The van der Waals surface area contributed by atoms with E-state index in [4.69, 9.17) is 11.6 Å². The normalized spacial score (nSPS) is 12.3. The molecule has 7 heteroatoms. The summed E-state index contributed by atoms with van der Waals surface area (Å²) in [5, 5.41) is 8.42. The van der Waals surface area contributed by atoms with Crippen LogP contribution in [0.5, 0.6) is 0 Å². The molecule has 1 N–H and O–H groups in total. The molecule has 1 amide bonds. The lowest BCUT2D eigenvalue weighted by Crippen LogP contribution is -2.29. The molecule has 3 aromatic rings. The van der Waals surface area contributed by atoms with Crippen LogP contribution in [0.2, 0.25) is 5.02 Å². The summed E-state index contributed by atoms with van der Waals surface area (Å²) in [7, 11) is 0. The van der Waals surface area contributed by atoms with E-state index in [0.717, 1.165) is 5.39 Å². The number of para-hydroxylation sites is 1. The number of nitrogens with zero attached hydrogens (tertiary/aromatic N) is 4. The maximum absolute atomic E-state index is 12.4. The first-order valence-corrected chi connectivity index (χ1v) is 7.71. The van der Waals surface area contributed by atoms with E-state index in [2.05, 4.69) is 20.4 Å². The SMILES string of the molecule is CCn1ncnc1[C@H](C)NC(=O)c1ccc2cccc(Cl)c2n1. The molecule has 0 bridgehead atoms. The van der Waals surface area contributed by atoms with Gasteiger partial charge in [0.05, 0.1) is 16.6 Å². The summed E-state index contributed by atoms with van der Waals surface area (Å²) >= 11 is 6.14. The molecule has 0 aliphatic carbocycles. The fourth-order valence-corrected chi connectivity index (χ4v) is 2.65. The van der Waals surface area contributed by atoms with Gasteiger partial charge in [-0.3, -0.25) is 4.79 Å². The highest BCUT2D eigenvalue weighted by Gasteiger charge is 2.17. The van der Waals surface area contributed by atoms with E-state index in [1.165, 1.54) is 6.33 Å². The lowest BCUT2D eigenvalue weighted by Gasteiger charge is -2.14. The Kier molecular flexibility index (Phi) is 4.25. The molecule has 0 aliphatic rings. The number of carbonyl (C=O) groups excluding carboxylic acids is 1. The Labute approximate surface area is 138 Å². The highest BCUT2D eigenvalue weighted by molar-refractivity contribution is 6.35. The average molecular weight is 330 g/mol. The molecule has 0 fully saturated rings. The molecule has 0 radical (unpaired) electrons. The predicted molar refractivity (Wildman–Crippen MR) is 88.3 cm³/mol. The van der Waals surface area contributed by atoms with Gasteiger partial charge in [0.25, 0.3) is 5.91 Å². The largest absolute Gasteiger partial charge is 0.341 e. The number of amides is 1. The van der Waals surface area contributed by atoms with Gasteiger partial charge in [-0.2, -0.15) is 5.10 Å².